The lowest BCUT2D eigenvalue weighted by atomic mass is 10.1. The highest BCUT2D eigenvalue weighted by Crippen LogP contribution is 2.23. The van der Waals surface area contributed by atoms with E-state index >= 15 is 0 Å². The Morgan fingerprint density at radius 3 is 2.50 bits per heavy atom. The number of sulfonamides is 1. The van der Waals surface area contributed by atoms with Gasteiger partial charge in [0, 0.05) is 25.7 Å². The summed E-state index contributed by atoms with van der Waals surface area (Å²) in [6.45, 7) is 3.89. The number of benzene rings is 2. The Bertz CT molecular complexity index is 919. The van der Waals surface area contributed by atoms with Crippen LogP contribution in [0.5, 0.6) is 5.75 Å². The van der Waals surface area contributed by atoms with E-state index in [0.29, 0.717) is 30.9 Å². The molecule has 3 rings (SSSR count). The number of amides is 1. The van der Waals surface area contributed by atoms with Crippen molar-refractivity contribution in [3.8, 4) is 5.75 Å². The van der Waals surface area contributed by atoms with Crippen molar-refractivity contribution in [3.63, 3.8) is 0 Å². The average Bonchev–Trinajstić information content (AvgIpc) is 2.67. The number of carbonyl (C=O) groups excluding carboxylic acids is 1. The first-order valence-electron chi connectivity index (χ1n) is 8.69. The summed E-state index contributed by atoms with van der Waals surface area (Å²) >= 11 is 0. The molecule has 2 N–H and O–H groups in total. The smallest absolute Gasteiger partial charge is 0.261 e. The highest BCUT2D eigenvalue weighted by Gasteiger charge is 2.25. The maximum atomic E-state index is 12.9. The van der Waals surface area contributed by atoms with E-state index < -0.39 is 10.0 Å². The van der Waals surface area contributed by atoms with Crippen LogP contribution >= 0.6 is 12.4 Å². The second kappa shape index (κ2) is 9.27. The Hall–Kier alpha value is -2.29. The molecule has 0 saturated carbocycles. The summed E-state index contributed by atoms with van der Waals surface area (Å²) in [5.74, 6) is 0.383. The number of halogens is 1. The molecule has 2 aromatic rings. The molecule has 0 aromatic heterocycles. The number of piperazine rings is 1. The summed E-state index contributed by atoms with van der Waals surface area (Å²) in [6, 6.07) is 12.9. The minimum Gasteiger partial charge on any atom is -0.497 e. The number of hydrogen-bond acceptors (Lipinski definition) is 5. The second-order valence-corrected chi connectivity index (χ2v) is 8.12. The highest BCUT2D eigenvalue weighted by molar-refractivity contribution is 7.92. The minimum absolute atomic E-state index is 0. The monoisotopic (exact) mass is 425 g/mol. The van der Waals surface area contributed by atoms with E-state index in [2.05, 4.69) is 10.0 Å². The number of para-hydroxylation sites is 1. The van der Waals surface area contributed by atoms with Gasteiger partial charge < -0.3 is 15.0 Å². The van der Waals surface area contributed by atoms with Gasteiger partial charge in [-0.25, -0.2) is 8.42 Å². The van der Waals surface area contributed by atoms with Gasteiger partial charge in [-0.3, -0.25) is 9.52 Å². The molecule has 1 aliphatic heterocycles. The normalized spacial score (nSPS) is 16.8. The summed E-state index contributed by atoms with van der Waals surface area (Å²) in [5, 5.41) is 3.29. The third-order valence-corrected chi connectivity index (χ3v) is 5.81. The van der Waals surface area contributed by atoms with Gasteiger partial charge in [-0.2, -0.15) is 0 Å². The first-order chi connectivity index (χ1) is 12.9. The van der Waals surface area contributed by atoms with Gasteiger partial charge in [0.1, 0.15) is 5.75 Å². The van der Waals surface area contributed by atoms with Crippen LogP contribution in [0.2, 0.25) is 0 Å². The zero-order valence-electron chi connectivity index (χ0n) is 15.7. The molecule has 0 radical (unpaired) electrons. The zero-order valence-corrected chi connectivity index (χ0v) is 17.3. The van der Waals surface area contributed by atoms with E-state index in [1.165, 1.54) is 19.2 Å². The molecule has 0 aliphatic carbocycles. The standard InChI is InChI=1S/C19H23N3O4S.ClH/c1-14-13-22(12-11-20-14)19(23)17-5-3-4-6-18(17)21-27(24,25)16-9-7-15(26-2)8-10-16;/h3-10,14,20-21H,11-13H2,1-2H3;1H. The average molecular weight is 426 g/mol. The number of carbonyl (C=O) groups is 1. The van der Waals surface area contributed by atoms with Crippen LogP contribution in [0.15, 0.2) is 53.4 Å². The van der Waals surface area contributed by atoms with E-state index in [1.807, 2.05) is 6.92 Å². The van der Waals surface area contributed by atoms with Crippen LogP contribution < -0.4 is 14.8 Å². The number of hydrogen-bond donors (Lipinski definition) is 2. The van der Waals surface area contributed by atoms with Gasteiger partial charge >= 0.3 is 0 Å². The quantitative estimate of drug-likeness (QED) is 0.767. The summed E-state index contributed by atoms with van der Waals surface area (Å²) in [6.07, 6.45) is 0. The molecule has 1 fully saturated rings. The first-order valence-corrected chi connectivity index (χ1v) is 10.2. The molecule has 1 amide bonds. The zero-order chi connectivity index (χ0) is 19.4. The summed E-state index contributed by atoms with van der Waals surface area (Å²) in [5.41, 5.74) is 0.605. The van der Waals surface area contributed by atoms with Crippen LogP contribution in [-0.4, -0.2) is 52.0 Å². The molecule has 28 heavy (non-hydrogen) atoms. The number of nitrogens with one attached hydrogen (secondary N) is 2. The number of anilines is 1. The van der Waals surface area contributed by atoms with Crippen molar-refractivity contribution in [3.05, 3.63) is 54.1 Å². The molecule has 1 heterocycles. The van der Waals surface area contributed by atoms with E-state index in [-0.39, 0.29) is 34.9 Å². The van der Waals surface area contributed by atoms with Crippen molar-refractivity contribution in [2.75, 3.05) is 31.5 Å². The van der Waals surface area contributed by atoms with E-state index in [1.54, 1.807) is 41.3 Å². The predicted molar refractivity (Wildman–Crippen MR) is 111 cm³/mol. The summed E-state index contributed by atoms with van der Waals surface area (Å²) < 4.78 is 33.0. The molecule has 152 valence electrons. The molecule has 1 saturated heterocycles. The van der Waals surface area contributed by atoms with Gasteiger partial charge in [-0.1, -0.05) is 12.1 Å². The largest absolute Gasteiger partial charge is 0.497 e. The Morgan fingerprint density at radius 1 is 1.18 bits per heavy atom. The molecule has 1 aliphatic rings. The van der Waals surface area contributed by atoms with Gasteiger partial charge in [0.25, 0.3) is 15.9 Å². The molecule has 0 spiro atoms. The van der Waals surface area contributed by atoms with E-state index in [0.717, 1.165) is 0 Å². The van der Waals surface area contributed by atoms with E-state index in [4.69, 9.17) is 4.74 Å². The number of nitrogens with zero attached hydrogens (tertiary/aromatic N) is 1. The highest BCUT2D eigenvalue weighted by atomic mass is 35.5. The van der Waals surface area contributed by atoms with Crippen molar-refractivity contribution < 1.29 is 17.9 Å². The lowest BCUT2D eigenvalue weighted by Gasteiger charge is -2.32. The number of rotatable bonds is 5. The Kier molecular flexibility index (Phi) is 7.29. The van der Waals surface area contributed by atoms with Gasteiger partial charge in [0.15, 0.2) is 0 Å². The fourth-order valence-corrected chi connectivity index (χ4v) is 4.08. The van der Waals surface area contributed by atoms with Gasteiger partial charge in [0.2, 0.25) is 0 Å². The lowest BCUT2D eigenvalue weighted by molar-refractivity contribution is 0.0710. The summed E-state index contributed by atoms with van der Waals surface area (Å²) in [4.78, 5) is 14.8. The molecular weight excluding hydrogens is 402 g/mol. The Balaban J connectivity index is 0.00000280. The topological polar surface area (TPSA) is 87.7 Å². The fraction of sp³-hybridized carbons (Fsp3) is 0.316. The number of methoxy groups -OCH3 is 1. The molecule has 1 unspecified atom stereocenters. The maximum absolute atomic E-state index is 12.9. The third kappa shape index (κ3) is 4.95. The van der Waals surface area contributed by atoms with Crippen LogP contribution in [0.1, 0.15) is 17.3 Å². The lowest BCUT2D eigenvalue weighted by Crippen LogP contribution is -2.51. The van der Waals surface area contributed by atoms with Crippen LogP contribution in [0.3, 0.4) is 0 Å². The van der Waals surface area contributed by atoms with Crippen molar-refractivity contribution in [2.45, 2.75) is 17.9 Å². The van der Waals surface area contributed by atoms with Crippen molar-refractivity contribution in [1.29, 1.82) is 0 Å². The van der Waals surface area contributed by atoms with Gasteiger partial charge in [-0.05, 0) is 43.3 Å². The first kappa shape index (κ1) is 22.0. The van der Waals surface area contributed by atoms with Crippen molar-refractivity contribution in [2.24, 2.45) is 0 Å². The van der Waals surface area contributed by atoms with E-state index in [9.17, 15) is 13.2 Å². The third-order valence-electron chi connectivity index (χ3n) is 4.43. The molecule has 2 aromatic carbocycles. The maximum Gasteiger partial charge on any atom is 0.261 e. The van der Waals surface area contributed by atoms with Crippen LogP contribution in [-0.2, 0) is 10.0 Å². The summed E-state index contributed by atoms with van der Waals surface area (Å²) in [7, 11) is -2.31. The van der Waals surface area contributed by atoms with Crippen molar-refractivity contribution >= 4 is 34.0 Å². The van der Waals surface area contributed by atoms with Crippen LogP contribution in [0.25, 0.3) is 0 Å². The van der Waals surface area contributed by atoms with Crippen LogP contribution in [0, 0.1) is 0 Å². The number of ether oxygens (including phenoxy) is 1. The Morgan fingerprint density at radius 2 is 1.86 bits per heavy atom. The molecule has 0 bridgehead atoms. The second-order valence-electron chi connectivity index (χ2n) is 6.43. The van der Waals surface area contributed by atoms with Crippen molar-refractivity contribution in [1.82, 2.24) is 10.2 Å². The predicted octanol–water partition coefficient (Wildman–Crippen LogP) is 2.35. The molecule has 7 nitrogen and oxygen atoms in total. The molecule has 1 atom stereocenters. The SMILES string of the molecule is COc1ccc(S(=O)(=O)Nc2ccccc2C(=O)N2CCNC(C)C2)cc1.Cl. The van der Waals surface area contributed by atoms with Crippen LogP contribution in [0.4, 0.5) is 5.69 Å². The molecular formula is C19H24ClN3O4S. The molecule has 9 heteroatoms. The van der Waals surface area contributed by atoms with Gasteiger partial charge in [0.05, 0.1) is 23.3 Å². The van der Waals surface area contributed by atoms with Gasteiger partial charge in [-0.15, -0.1) is 12.4 Å². The Labute approximate surface area is 171 Å². The minimum atomic E-state index is -3.82. The fourth-order valence-electron chi connectivity index (χ4n) is 3.00.